The number of carboxylic acids is 1. The Morgan fingerprint density at radius 1 is 1.10 bits per heavy atom. The molecule has 2 saturated heterocycles. The summed E-state index contributed by atoms with van der Waals surface area (Å²) in [6.45, 7) is 3.78. The molecule has 0 aromatic heterocycles. The van der Waals surface area contributed by atoms with E-state index in [1.165, 1.54) is 0 Å². The Morgan fingerprint density at radius 3 is 2.20 bits per heavy atom. The van der Waals surface area contributed by atoms with Gasteiger partial charge in [-0.25, -0.2) is 4.79 Å². The predicted octanol–water partition coefficient (Wildman–Crippen LogP) is 0.0671. The van der Waals surface area contributed by atoms with Gasteiger partial charge in [0.05, 0.1) is 5.41 Å². The van der Waals surface area contributed by atoms with Crippen molar-refractivity contribution >= 4 is 17.9 Å². The molecule has 0 saturated carbocycles. The van der Waals surface area contributed by atoms with Crippen LogP contribution in [0, 0.1) is 5.41 Å². The molecular formula is C13H21N3O4. The fraction of sp³-hybridized carbons (Fsp3) is 0.769. The summed E-state index contributed by atoms with van der Waals surface area (Å²) in [5.41, 5.74) is -0.741. The monoisotopic (exact) mass is 283 g/mol. The van der Waals surface area contributed by atoms with Gasteiger partial charge in [0.2, 0.25) is 5.91 Å². The highest BCUT2D eigenvalue weighted by atomic mass is 16.4. The van der Waals surface area contributed by atoms with Crippen molar-refractivity contribution in [2.45, 2.75) is 19.8 Å². The van der Waals surface area contributed by atoms with E-state index in [0.29, 0.717) is 39.0 Å². The van der Waals surface area contributed by atoms with Gasteiger partial charge >= 0.3 is 12.0 Å². The minimum Gasteiger partial charge on any atom is -0.481 e. The van der Waals surface area contributed by atoms with E-state index in [1.54, 1.807) is 28.7 Å². The smallest absolute Gasteiger partial charge is 0.320 e. The summed E-state index contributed by atoms with van der Waals surface area (Å²) in [7, 11) is 1.73. The molecule has 0 aromatic rings. The van der Waals surface area contributed by atoms with Crippen LogP contribution in [0.3, 0.4) is 0 Å². The van der Waals surface area contributed by atoms with Gasteiger partial charge in [-0.05, 0) is 19.8 Å². The van der Waals surface area contributed by atoms with Crippen LogP contribution in [0.25, 0.3) is 0 Å². The first-order valence-corrected chi connectivity index (χ1v) is 6.85. The molecule has 0 radical (unpaired) electrons. The van der Waals surface area contributed by atoms with Gasteiger partial charge in [0.15, 0.2) is 0 Å². The Balaban J connectivity index is 1.92. The molecule has 7 heteroatoms. The van der Waals surface area contributed by atoms with E-state index in [1.807, 2.05) is 0 Å². The molecule has 0 bridgehead atoms. The molecule has 2 fully saturated rings. The minimum atomic E-state index is -0.806. The summed E-state index contributed by atoms with van der Waals surface area (Å²) in [4.78, 5) is 39.9. The van der Waals surface area contributed by atoms with E-state index in [-0.39, 0.29) is 18.5 Å². The Kier molecular flexibility index (Phi) is 3.87. The molecule has 2 heterocycles. The molecule has 0 atom stereocenters. The summed E-state index contributed by atoms with van der Waals surface area (Å²) in [6.07, 6.45) is 0.908. The van der Waals surface area contributed by atoms with Crippen molar-refractivity contribution in [2.75, 3.05) is 39.8 Å². The molecule has 2 aliphatic rings. The van der Waals surface area contributed by atoms with E-state index in [9.17, 15) is 19.5 Å². The lowest BCUT2D eigenvalue weighted by atomic mass is 9.80. The summed E-state index contributed by atoms with van der Waals surface area (Å²) in [6, 6.07) is -0.154. The van der Waals surface area contributed by atoms with Gasteiger partial charge in [0, 0.05) is 33.2 Å². The zero-order chi connectivity index (χ0) is 14.9. The summed E-state index contributed by atoms with van der Waals surface area (Å²) in [5, 5.41) is 9.17. The van der Waals surface area contributed by atoms with Crippen LogP contribution in [0.5, 0.6) is 0 Å². The molecule has 2 rings (SSSR count). The molecule has 2 aliphatic heterocycles. The van der Waals surface area contributed by atoms with Crippen molar-refractivity contribution < 1.29 is 19.5 Å². The molecule has 3 amide bonds. The van der Waals surface area contributed by atoms with E-state index in [0.717, 1.165) is 0 Å². The van der Waals surface area contributed by atoms with Crippen molar-refractivity contribution in [1.29, 1.82) is 0 Å². The Bertz CT molecular complexity index is 429. The third-order valence-electron chi connectivity index (χ3n) is 4.38. The SMILES string of the molecule is CN1CCN(C(=O)N2CCC(C)(C(=O)O)CC2)CC1=O. The van der Waals surface area contributed by atoms with Crippen molar-refractivity contribution in [2.24, 2.45) is 5.41 Å². The quantitative estimate of drug-likeness (QED) is 0.738. The predicted molar refractivity (Wildman–Crippen MR) is 71.2 cm³/mol. The topological polar surface area (TPSA) is 81.2 Å². The number of hydrogen-bond acceptors (Lipinski definition) is 3. The number of amides is 3. The lowest BCUT2D eigenvalue weighted by molar-refractivity contribution is -0.150. The maximum Gasteiger partial charge on any atom is 0.320 e. The number of carbonyl (C=O) groups is 3. The molecule has 1 N–H and O–H groups in total. The summed E-state index contributed by atoms with van der Waals surface area (Å²) < 4.78 is 0. The van der Waals surface area contributed by atoms with Gasteiger partial charge < -0.3 is 19.8 Å². The summed E-state index contributed by atoms with van der Waals surface area (Å²) in [5.74, 6) is -0.864. The second-order valence-electron chi connectivity index (χ2n) is 5.87. The third kappa shape index (κ3) is 2.71. The van der Waals surface area contributed by atoms with Crippen LogP contribution >= 0.6 is 0 Å². The Labute approximate surface area is 118 Å². The fourth-order valence-corrected chi connectivity index (χ4v) is 2.53. The normalized spacial score (nSPS) is 22.9. The van der Waals surface area contributed by atoms with E-state index in [2.05, 4.69) is 0 Å². The first-order valence-electron chi connectivity index (χ1n) is 6.85. The molecule has 7 nitrogen and oxygen atoms in total. The van der Waals surface area contributed by atoms with Crippen LogP contribution in [0.1, 0.15) is 19.8 Å². The highest BCUT2D eigenvalue weighted by Crippen LogP contribution is 2.31. The Morgan fingerprint density at radius 2 is 1.70 bits per heavy atom. The molecular weight excluding hydrogens is 262 g/mol. The number of likely N-dealkylation sites (tertiary alicyclic amines) is 1. The second kappa shape index (κ2) is 5.30. The molecule has 0 aliphatic carbocycles. The number of piperidine rings is 1. The zero-order valence-electron chi connectivity index (χ0n) is 12.0. The van der Waals surface area contributed by atoms with E-state index in [4.69, 9.17) is 0 Å². The van der Waals surface area contributed by atoms with Crippen molar-refractivity contribution in [1.82, 2.24) is 14.7 Å². The second-order valence-corrected chi connectivity index (χ2v) is 5.87. The highest BCUT2D eigenvalue weighted by molar-refractivity contribution is 5.85. The van der Waals surface area contributed by atoms with Gasteiger partial charge in [-0.15, -0.1) is 0 Å². The number of aliphatic carboxylic acids is 1. The molecule has 112 valence electrons. The van der Waals surface area contributed by atoms with Crippen LogP contribution < -0.4 is 0 Å². The number of carbonyl (C=O) groups excluding carboxylic acids is 2. The van der Waals surface area contributed by atoms with Crippen LogP contribution in [-0.4, -0.2) is 77.5 Å². The standard InChI is InChI=1S/C13H21N3O4/c1-13(11(18)19)3-5-15(6-4-13)12(20)16-8-7-14(2)10(17)9-16/h3-9H2,1-2H3,(H,18,19). The van der Waals surface area contributed by atoms with Crippen molar-refractivity contribution in [3.8, 4) is 0 Å². The number of urea groups is 1. The maximum absolute atomic E-state index is 12.3. The molecule has 20 heavy (non-hydrogen) atoms. The van der Waals surface area contributed by atoms with Gasteiger partial charge in [-0.3, -0.25) is 9.59 Å². The zero-order valence-corrected chi connectivity index (χ0v) is 12.0. The lowest BCUT2D eigenvalue weighted by Crippen LogP contribution is -2.56. The van der Waals surface area contributed by atoms with Crippen molar-refractivity contribution in [3.63, 3.8) is 0 Å². The number of piperazine rings is 1. The largest absolute Gasteiger partial charge is 0.481 e. The van der Waals surface area contributed by atoms with E-state index < -0.39 is 11.4 Å². The van der Waals surface area contributed by atoms with Gasteiger partial charge in [0.25, 0.3) is 0 Å². The first kappa shape index (κ1) is 14.6. The van der Waals surface area contributed by atoms with Crippen molar-refractivity contribution in [3.05, 3.63) is 0 Å². The van der Waals surface area contributed by atoms with Crippen LogP contribution in [0.2, 0.25) is 0 Å². The van der Waals surface area contributed by atoms with Gasteiger partial charge in [-0.1, -0.05) is 0 Å². The molecule has 0 unspecified atom stereocenters. The third-order valence-corrected chi connectivity index (χ3v) is 4.38. The number of likely N-dealkylation sites (N-methyl/N-ethyl adjacent to an activating group) is 1. The average Bonchev–Trinajstić information content (AvgIpc) is 2.42. The highest BCUT2D eigenvalue weighted by Gasteiger charge is 2.39. The van der Waals surface area contributed by atoms with Gasteiger partial charge in [-0.2, -0.15) is 0 Å². The number of carboxylic acid groups (broad SMARTS) is 1. The minimum absolute atomic E-state index is 0.0583. The molecule has 0 spiro atoms. The van der Waals surface area contributed by atoms with Crippen LogP contribution in [-0.2, 0) is 9.59 Å². The average molecular weight is 283 g/mol. The van der Waals surface area contributed by atoms with Crippen LogP contribution in [0.15, 0.2) is 0 Å². The van der Waals surface area contributed by atoms with Gasteiger partial charge in [0.1, 0.15) is 6.54 Å². The summed E-state index contributed by atoms with van der Waals surface area (Å²) >= 11 is 0. The van der Waals surface area contributed by atoms with Crippen LogP contribution in [0.4, 0.5) is 4.79 Å². The van der Waals surface area contributed by atoms with E-state index >= 15 is 0 Å². The first-order chi connectivity index (χ1) is 9.33. The number of nitrogens with zero attached hydrogens (tertiary/aromatic N) is 3. The number of hydrogen-bond donors (Lipinski definition) is 1. The maximum atomic E-state index is 12.3. The Hall–Kier alpha value is -1.79. The lowest BCUT2D eigenvalue weighted by Gasteiger charge is -2.40. The fourth-order valence-electron chi connectivity index (χ4n) is 2.53. The number of rotatable bonds is 1. The molecule has 0 aromatic carbocycles.